The van der Waals surface area contributed by atoms with Crippen molar-refractivity contribution >= 4 is 11.8 Å². The lowest BCUT2D eigenvalue weighted by Gasteiger charge is -2.17. The van der Waals surface area contributed by atoms with Crippen molar-refractivity contribution in [3.63, 3.8) is 0 Å². The Morgan fingerprint density at radius 3 is 2.94 bits per heavy atom. The van der Waals surface area contributed by atoms with Gasteiger partial charge >= 0.3 is 0 Å². The summed E-state index contributed by atoms with van der Waals surface area (Å²) in [7, 11) is 0. The Balaban J connectivity index is 1.91. The molecule has 1 aliphatic rings. The van der Waals surface area contributed by atoms with E-state index >= 15 is 0 Å². The van der Waals surface area contributed by atoms with Crippen LogP contribution in [0.15, 0.2) is 18.2 Å². The van der Waals surface area contributed by atoms with Gasteiger partial charge in [0, 0.05) is 29.5 Å². The number of halogens is 2. The van der Waals surface area contributed by atoms with Crippen LogP contribution in [-0.2, 0) is 0 Å². The Morgan fingerprint density at radius 1 is 1.47 bits per heavy atom. The molecule has 94 valence electrons. The molecule has 1 nitrogen and oxygen atoms in total. The number of benzene rings is 1. The normalized spacial score (nSPS) is 21.7. The fourth-order valence-corrected chi connectivity index (χ4v) is 3.29. The zero-order valence-corrected chi connectivity index (χ0v) is 10.7. The van der Waals surface area contributed by atoms with Crippen molar-refractivity contribution in [3.05, 3.63) is 35.4 Å². The number of hydrogen-bond acceptors (Lipinski definition) is 2. The van der Waals surface area contributed by atoms with E-state index < -0.39 is 11.6 Å². The summed E-state index contributed by atoms with van der Waals surface area (Å²) in [6.45, 7) is 2.80. The first-order valence-corrected chi connectivity index (χ1v) is 7.01. The predicted molar refractivity (Wildman–Crippen MR) is 68.3 cm³/mol. The third-order valence-corrected chi connectivity index (χ3v) is 4.50. The molecule has 1 heterocycles. The van der Waals surface area contributed by atoms with Gasteiger partial charge in [0.05, 0.1) is 0 Å². The van der Waals surface area contributed by atoms with Gasteiger partial charge in [0.1, 0.15) is 11.6 Å². The Morgan fingerprint density at radius 2 is 2.29 bits per heavy atom. The average molecular weight is 257 g/mol. The van der Waals surface area contributed by atoms with Gasteiger partial charge in [-0.15, -0.1) is 0 Å². The van der Waals surface area contributed by atoms with Gasteiger partial charge in [-0.1, -0.05) is 6.07 Å². The molecule has 1 saturated heterocycles. The van der Waals surface area contributed by atoms with Crippen LogP contribution in [0.1, 0.15) is 31.4 Å². The fraction of sp³-hybridized carbons (Fsp3) is 0.538. The lowest BCUT2D eigenvalue weighted by Crippen LogP contribution is -2.26. The molecule has 2 rings (SSSR count). The van der Waals surface area contributed by atoms with E-state index in [1.54, 1.807) is 0 Å². The topological polar surface area (TPSA) is 12.0 Å². The molecule has 4 heteroatoms. The quantitative estimate of drug-likeness (QED) is 0.886. The van der Waals surface area contributed by atoms with Gasteiger partial charge < -0.3 is 5.32 Å². The SMILES string of the molecule is CC(NCC1CCCS1)c1ccc(F)cc1F. The second-order valence-electron chi connectivity index (χ2n) is 4.43. The zero-order chi connectivity index (χ0) is 12.3. The summed E-state index contributed by atoms with van der Waals surface area (Å²) in [4.78, 5) is 0. The van der Waals surface area contributed by atoms with Gasteiger partial charge in [-0.2, -0.15) is 11.8 Å². The minimum atomic E-state index is -0.523. The summed E-state index contributed by atoms with van der Waals surface area (Å²) >= 11 is 1.97. The lowest BCUT2D eigenvalue weighted by atomic mass is 10.1. The summed E-state index contributed by atoms with van der Waals surface area (Å²) < 4.78 is 26.3. The van der Waals surface area contributed by atoms with E-state index in [0.717, 1.165) is 12.6 Å². The second kappa shape index (κ2) is 5.83. The third kappa shape index (κ3) is 3.42. The van der Waals surface area contributed by atoms with E-state index in [0.29, 0.717) is 10.8 Å². The Labute approximate surface area is 105 Å². The van der Waals surface area contributed by atoms with E-state index in [-0.39, 0.29) is 6.04 Å². The Bertz CT molecular complexity index is 378. The van der Waals surface area contributed by atoms with Gasteiger partial charge in [-0.3, -0.25) is 0 Å². The highest BCUT2D eigenvalue weighted by atomic mass is 32.2. The predicted octanol–water partition coefficient (Wildman–Crippen LogP) is 3.51. The number of rotatable bonds is 4. The van der Waals surface area contributed by atoms with Crippen LogP contribution in [0.5, 0.6) is 0 Å². The smallest absolute Gasteiger partial charge is 0.130 e. The monoisotopic (exact) mass is 257 g/mol. The van der Waals surface area contributed by atoms with Crippen LogP contribution in [0.3, 0.4) is 0 Å². The van der Waals surface area contributed by atoms with Crippen molar-refractivity contribution in [2.45, 2.75) is 31.1 Å². The maximum absolute atomic E-state index is 13.5. The van der Waals surface area contributed by atoms with Crippen molar-refractivity contribution in [1.82, 2.24) is 5.32 Å². The van der Waals surface area contributed by atoms with Gasteiger partial charge in [0.25, 0.3) is 0 Å². The van der Waals surface area contributed by atoms with Gasteiger partial charge in [0.2, 0.25) is 0 Å². The Kier molecular flexibility index (Phi) is 4.40. The summed E-state index contributed by atoms with van der Waals surface area (Å²) in [6, 6.07) is 3.69. The van der Waals surface area contributed by atoms with E-state index in [9.17, 15) is 8.78 Å². The molecular formula is C13H17F2NS. The highest BCUT2D eigenvalue weighted by molar-refractivity contribution is 8.00. The van der Waals surface area contributed by atoms with E-state index in [4.69, 9.17) is 0 Å². The molecule has 0 spiro atoms. The first kappa shape index (κ1) is 12.8. The number of nitrogens with one attached hydrogen (secondary N) is 1. The standard InChI is InChI=1S/C13H17F2NS/c1-9(16-8-11-3-2-6-17-11)12-5-4-10(14)7-13(12)15/h4-5,7,9,11,16H,2-3,6,8H2,1H3. The van der Waals surface area contributed by atoms with Crippen molar-refractivity contribution in [2.24, 2.45) is 0 Å². The summed E-state index contributed by atoms with van der Waals surface area (Å²) in [5, 5.41) is 3.96. The molecule has 2 unspecified atom stereocenters. The zero-order valence-electron chi connectivity index (χ0n) is 9.88. The molecule has 0 amide bonds. The van der Waals surface area contributed by atoms with Crippen molar-refractivity contribution < 1.29 is 8.78 Å². The molecule has 17 heavy (non-hydrogen) atoms. The summed E-state index contributed by atoms with van der Waals surface area (Å²) in [5.74, 6) is 0.236. The highest BCUT2D eigenvalue weighted by Gasteiger charge is 2.17. The molecule has 1 N–H and O–H groups in total. The van der Waals surface area contributed by atoms with Gasteiger partial charge in [-0.05, 0) is 31.6 Å². The first-order chi connectivity index (χ1) is 8.16. The maximum atomic E-state index is 13.5. The van der Waals surface area contributed by atoms with Crippen LogP contribution >= 0.6 is 11.8 Å². The summed E-state index contributed by atoms with van der Waals surface area (Å²) in [5.41, 5.74) is 0.536. The largest absolute Gasteiger partial charge is 0.309 e. The van der Waals surface area contributed by atoms with Crippen LogP contribution < -0.4 is 5.32 Å². The molecule has 0 radical (unpaired) electrons. The van der Waals surface area contributed by atoms with Crippen LogP contribution in [0, 0.1) is 11.6 Å². The first-order valence-electron chi connectivity index (χ1n) is 5.97. The fourth-order valence-electron chi connectivity index (χ4n) is 2.08. The van der Waals surface area contributed by atoms with Gasteiger partial charge in [0.15, 0.2) is 0 Å². The van der Waals surface area contributed by atoms with Crippen molar-refractivity contribution in [3.8, 4) is 0 Å². The average Bonchev–Trinajstić information content (AvgIpc) is 2.78. The molecule has 0 aliphatic carbocycles. The Hall–Kier alpha value is -0.610. The number of thioether (sulfide) groups is 1. The third-order valence-electron chi connectivity index (χ3n) is 3.10. The minimum Gasteiger partial charge on any atom is -0.309 e. The van der Waals surface area contributed by atoms with Crippen LogP contribution in [0.2, 0.25) is 0 Å². The summed E-state index contributed by atoms with van der Waals surface area (Å²) in [6.07, 6.45) is 2.51. The molecule has 1 aromatic rings. The molecular weight excluding hydrogens is 240 g/mol. The second-order valence-corrected chi connectivity index (χ2v) is 5.84. The van der Waals surface area contributed by atoms with Crippen molar-refractivity contribution in [2.75, 3.05) is 12.3 Å². The highest BCUT2D eigenvalue weighted by Crippen LogP contribution is 2.26. The van der Waals surface area contributed by atoms with Crippen molar-refractivity contribution in [1.29, 1.82) is 0 Å². The molecule has 0 aromatic heterocycles. The van der Waals surface area contributed by atoms with Crippen LogP contribution in [-0.4, -0.2) is 17.5 Å². The molecule has 1 aromatic carbocycles. The lowest BCUT2D eigenvalue weighted by molar-refractivity contribution is 0.513. The molecule has 1 aliphatic heterocycles. The van der Waals surface area contributed by atoms with Crippen LogP contribution in [0.25, 0.3) is 0 Å². The van der Waals surface area contributed by atoms with E-state index in [2.05, 4.69) is 5.32 Å². The van der Waals surface area contributed by atoms with E-state index in [1.807, 2.05) is 18.7 Å². The minimum absolute atomic E-state index is 0.0724. The molecule has 0 saturated carbocycles. The molecule has 2 atom stereocenters. The maximum Gasteiger partial charge on any atom is 0.130 e. The van der Waals surface area contributed by atoms with Gasteiger partial charge in [-0.25, -0.2) is 8.78 Å². The van der Waals surface area contributed by atoms with E-state index in [1.165, 1.54) is 30.7 Å². The number of hydrogen-bond donors (Lipinski definition) is 1. The molecule has 0 bridgehead atoms. The molecule has 1 fully saturated rings. The van der Waals surface area contributed by atoms with Crippen LogP contribution in [0.4, 0.5) is 8.78 Å².